The van der Waals surface area contributed by atoms with Gasteiger partial charge >= 0.3 is 6.03 Å². The first kappa shape index (κ1) is 29.2. The van der Waals surface area contributed by atoms with E-state index >= 15 is 0 Å². The van der Waals surface area contributed by atoms with E-state index in [1.807, 2.05) is 60.7 Å². The van der Waals surface area contributed by atoms with Gasteiger partial charge in [0.15, 0.2) is 16.1 Å². The lowest BCUT2D eigenvalue weighted by molar-refractivity contribution is -0.200. The average molecular weight is 598 g/mol. The van der Waals surface area contributed by atoms with E-state index < -0.39 is 26.8 Å². The summed E-state index contributed by atoms with van der Waals surface area (Å²) in [6, 6.07) is 20.4. The van der Waals surface area contributed by atoms with E-state index in [0.29, 0.717) is 49.4 Å². The molecular weight excluding hydrogens is 562 g/mol. The molecule has 9 nitrogen and oxygen atoms in total. The zero-order valence-corrected chi connectivity index (χ0v) is 24.4. The quantitative estimate of drug-likeness (QED) is 0.280. The minimum Gasteiger partial charge on any atom is -0.350 e. The lowest BCUT2D eigenvalue weighted by Gasteiger charge is -2.35. The number of carbonyl (C=O) groups is 2. The van der Waals surface area contributed by atoms with Gasteiger partial charge in [0.05, 0.1) is 12.2 Å². The predicted octanol–water partition coefficient (Wildman–Crippen LogP) is 5.50. The highest BCUT2D eigenvalue weighted by atomic mass is 32.2. The fraction of sp³-hybridized carbons (Fsp3) is 0.400. The Balaban J connectivity index is 1.30. The SMILES string of the molecule is O=C(C[C@]1(c2ccc(-c3cccc(NC(=O)NCc4ccccc4)c3)s2)CCCCS1(=O)=O)NOC1CCCCO1. The second kappa shape index (κ2) is 13.2. The maximum Gasteiger partial charge on any atom is 0.319 e. The summed E-state index contributed by atoms with van der Waals surface area (Å²) < 4.78 is 31.3. The smallest absolute Gasteiger partial charge is 0.319 e. The van der Waals surface area contributed by atoms with Gasteiger partial charge < -0.3 is 15.4 Å². The summed E-state index contributed by atoms with van der Waals surface area (Å²) in [6.07, 6.45) is 3.52. The van der Waals surface area contributed by atoms with Gasteiger partial charge in [-0.05, 0) is 61.1 Å². The largest absolute Gasteiger partial charge is 0.350 e. The molecule has 218 valence electrons. The van der Waals surface area contributed by atoms with Crippen LogP contribution in [0, 0.1) is 0 Å². The van der Waals surface area contributed by atoms with Gasteiger partial charge in [0, 0.05) is 35.0 Å². The normalized spacial score (nSPS) is 22.0. The molecule has 0 aliphatic carbocycles. The molecule has 5 rings (SSSR count). The molecule has 0 saturated carbocycles. The highest BCUT2D eigenvalue weighted by Crippen LogP contribution is 2.47. The lowest BCUT2D eigenvalue weighted by Crippen LogP contribution is -2.45. The van der Waals surface area contributed by atoms with Crippen molar-refractivity contribution in [1.29, 1.82) is 0 Å². The van der Waals surface area contributed by atoms with E-state index in [1.54, 1.807) is 6.07 Å². The van der Waals surface area contributed by atoms with Crippen molar-refractivity contribution in [3.63, 3.8) is 0 Å². The monoisotopic (exact) mass is 597 g/mol. The molecule has 41 heavy (non-hydrogen) atoms. The van der Waals surface area contributed by atoms with Gasteiger partial charge in [0.1, 0.15) is 4.75 Å². The molecule has 2 atom stereocenters. The molecule has 3 heterocycles. The number of hydrogen-bond donors (Lipinski definition) is 3. The second-order valence-electron chi connectivity index (χ2n) is 10.4. The Morgan fingerprint density at radius 3 is 2.63 bits per heavy atom. The number of anilines is 1. The molecule has 2 saturated heterocycles. The van der Waals surface area contributed by atoms with Crippen LogP contribution in [0.25, 0.3) is 10.4 Å². The number of amides is 3. The number of thiophene rings is 1. The molecule has 1 aromatic heterocycles. The van der Waals surface area contributed by atoms with E-state index in [2.05, 4.69) is 16.1 Å². The Labute approximate surface area is 244 Å². The molecule has 2 aliphatic heterocycles. The van der Waals surface area contributed by atoms with Gasteiger partial charge in [-0.15, -0.1) is 11.3 Å². The highest BCUT2D eigenvalue weighted by Gasteiger charge is 2.49. The summed E-state index contributed by atoms with van der Waals surface area (Å²) in [6.45, 7) is 0.982. The third-order valence-electron chi connectivity index (χ3n) is 7.48. The summed E-state index contributed by atoms with van der Waals surface area (Å²) in [5.41, 5.74) is 4.90. The first-order chi connectivity index (χ1) is 19.8. The molecule has 11 heteroatoms. The third-order valence-corrected chi connectivity index (χ3v) is 11.5. The minimum absolute atomic E-state index is 0.0393. The van der Waals surface area contributed by atoms with Crippen molar-refractivity contribution in [2.75, 3.05) is 17.7 Å². The number of ether oxygens (including phenoxy) is 1. The number of hydrogen-bond acceptors (Lipinski definition) is 7. The van der Waals surface area contributed by atoms with Gasteiger partial charge in [-0.2, -0.15) is 0 Å². The van der Waals surface area contributed by atoms with Crippen LogP contribution < -0.4 is 16.1 Å². The summed E-state index contributed by atoms with van der Waals surface area (Å²) in [5, 5.41) is 5.71. The number of carbonyl (C=O) groups excluding carboxylic acids is 2. The van der Waals surface area contributed by atoms with Gasteiger partial charge in [0.25, 0.3) is 0 Å². The zero-order valence-electron chi connectivity index (χ0n) is 22.8. The Morgan fingerprint density at radius 1 is 1.00 bits per heavy atom. The molecule has 2 fully saturated rings. The van der Waals surface area contributed by atoms with Crippen LogP contribution >= 0.6 is 11.3 Å². The van der Waals surface area contributed by atoms with Crippen LogP contribution in [0.4, 0.5) is 10.5 Å². The summed E-state index contributed by atoms with van der Waals surface area (Å²) in [5.74, 6) is -0.440. The number of nitrogens with one attached hydrogen (secondary N) is 3. The van der Waals surface area contributed by atoms with Crippen molar-refractivity contribution in [2.45, 2.75) is 62.5 Å². The molecule has 0 spiro atoms. The summed E-state index contributed by atoms with van der Waals surface area (Å²) in [7, 11) is -3.60. The highest BCUT2D eigenvalue weighted by molar-refractivity contribution is 7.92. The Kier molecular flexibility index (Phi) is 9.39. The van der Waals surface area contributed by atoms with E-state index in [4.69, 9.17) is 9.57 Å². The molecule has 3 amide bonds. The third kappa shape index (κ3) is 7.16. The van der Waals surface area contributed by atoms with Crippen LogP contribution in [-0.4, -0.2) is 39.0 Å². The average Bonchev–Trinajstić information content (AvgIpc) is 3.48. The van der Waals surface area contributed by atoms with Crippen molar-refractivity contribution in [3.05, 3.63) is 77.2 Å². The minimum atomic E-state index is -3.60. The first-order valence-electron chi connectivity index (χ1n) is 13.9. The van der Waals surface area contributed by atoms with Crippen LogP contribution in [0.3, 0.4) is 0 Å². The van der Waals surface area contributed by atoms with Gasteiger partial charge in [-0.1, -0.05) is 48.9 Å². The Morgan fingerprint density at radius 2 is 1.85 bits per heavy atom. The van der Waals surface area contributed by atoms with Crippen molar-refractivity contribution in [1.82, 2.24) is 10.8 Å². The van der Waals surface area contributed by atoms with Crippen LogP contribution in [-0.2, 0) is 35.5 Å². The zero-order chi connectivity index (χ0) is 28.7. The van der Waals surface area contributed by atoms with Crippen molar-refractivity contribution in [2.24, 2.45) is 0 Å². The van der Waals surface area contributed by atoms with Crippen molar-refractivity contribution in [3.8, 4) is 10.4 Å². The van der Waals surface area contributed by atoms with E-state index in [9.17, 15) is 18.0 Å². The molecule has 1 unspecified atom stereocenters. The van der Waals surface area contributed by atoms with Crippen LogP contribution in [0.2, 0.25) is 0 Å². The molecule has 0 radical (unpaired) electrons. The molecule has 2 aliphatic rings. The standard InChI is InChI=1S/C30H35N3O6S2/c34-27(33-39-28-13-4-6-17-38-28)20-30(16-5-7-18-41(30,36)37)26-15-14-25(40-26)23-11-8-12-24(19-23)32-29(35)31-21-22-9-2-1-3-10-22/h1-3,8-12,14-15,19,28H,4-7,13,16-18,20-21H2,(H,33,34)(H2,31,32,35)/t28?,30-/m0/s1. The maximum atomic E-state index is 13.5. The second-order valence-corrected chi connectivity index (χ2v) is 13.9. The van der Waals surface area contributed by atoms with Crippen molar-refractivity contribution >= 4 is 38.8 Å². The van der Waals surface area contributed by atoms with Crippen LogP contribution in [0.1, 0.15) is 55.4 Å². The van der Waals surface area contributed by atoms with E-state index in [0.717, 1.165) is 28.8 Å². The fourth-order valence-corrected chi connectivity index (χ4v) is 9.06. The maximum absolute atomic E-state index is 13.5. The molecule has 3 aromatic rings. The van der Waals surface area contributed by atoms with Crippen molar-refractivity contribution < 1.29 is 27.6 Å². The molecular formula is C30H35N3O6S2. The van der Waals surface area contributed by atoms with E-state index in [-0.39, 0.29) is 18.2 Å². The van der Waals surface area contributed by atoms with Gasteiger partial charge in [-0.3, -0.25) is 4.79 Å². The number of urea groups is 1. The molecule has 0 bridgehead atoms. The topological polar surface area (TPSA) is 123 Å². The Hall–Kier alpha value is -3.25. The lowest BCUT2D eigenvalue weighted by atomic mass is 9.94. The summed E-state index contributed by atoms with van der Waals surface area (Å²) >= 11 is 1.36. The molecule has 3 N–H and O–H groups in total. The predicted molar refractivity (Wildman–Crippen MR) is 159 cm³/mol. The number of sulfone groups is 1. The van der Waals surface area contributed by atoms with Gasteiger partial charge in [-0.25, -0.2) is 23.5 Å². The first-order valence-corrected chi connectivity index (χ1v) is 16.4. The van der Waals surface area contributed by atoms with Gasteiger partial charge in [0.2, 0.25) is 5.91 Å². The van der Waals surface area contributed by atoms with Crippen LogP contribution in [0.15, 0.2) is 66.7 Å². The molecule has 2 aromatic carbocycles. The fourth-order valence-electron chi connectivity index (χ4n) is 5.29. The number of hydroxylamine groups is 1. The number of rotatable bonds is 9. The number of benzene rings is 2. The summed E-state index contributed by atoms with van der Waals surface area (Å²) in [4.78, 5) is 32.4. The van der Waals surface area contributed by atoms with Crippen LogP contribution in [0.5, 0.6) is 0 Å². The Bertz CT molecular complexity index is 1450. The van der Waals surface area contributed by atoms with E-state index in [1.165, 1.54) is 11.3 Å².